The van der Waals surface area contributed by atoms with Crippen molar-refractivity contribution in [3.63, 3.8) is 0 Å². The number of halogens is 1. The molecule has 1 aromatic rings. The van der Waals surface area contributed by atoms with Crippen LogP contribution in [0.2, 0.25) is 0 Å². The van der Waals surface area contributed by atoms with E-state index in [2.05, 4.69) is 46.1 Å². The van der Waals surface area contributed by atoms with Crippen LogP contribution in [0.1, 0.15) is 31.4 Å². The van der Waals surface area contributed by atoms with Crippen LogP contribution >= 0.6 is 15.9 Å². The molecule has 0 bridgehead atoms. The Morgan fingerprint density at radius 2 is 2.21 bits per heavy atom. The van der Waals surface area contributed by atoms with Crippen molar-refractivity contribution in [1.29, 1.82) is 0 Å². The first-order valence-electron chi connectivity index (χ1n) is 6.92. The molecule has 106 valence electrons. The summed E-state index contributed by atoms with van der Waals surface area (Å²) in [6.07, 6.45) is 2.69. The van der Waals surface area contributed by atoms with Crippen LogP contribution < -0.4 is 10.6 Å². The summed E-state index contributed by atoms with van der Waals surface area (Å²) in [4.78, 5) is 2.21. The highest BCUT2D eigenvalue weighted by molar-refractivity contribution is 9.10. The molecule has 3 nitrogen and oxygen atoms in total. The molecule has 1 saturated carbocycles. The molecule has 4 heteroatoms. The lowest BCUT2D eigenvalue weighted by atomic mass is 10.1. The second kappa shape index (κ2) is 6.73. The summed E-state index contributed by atoms with van der Waals surface area (Å²) in [6.45, 7) is 4.62. The summed E-state index contributed by atoms with van der Waals surface area (Å²) in [6, 6.07) is 6.37. The number of ether oxygens (including phenoxy) is 1. The third-order valence-corrected chi connectivity index (χ3v) is 4.17. The van der Waals surface area contributed by atoms with E-state index < -0.39 is 0 Å². The zero-order chi connectivity index (χ0) is 13.8. The first-order valence-corrected chi connectivity index (χ1v) is 7.71. The molecule has 1 fully saturated rings. The minimum atomic E-state index is 0.0672. The van der Waals surface area contributed by atoms with E-state index in [0.29, 0.717) is 0 Å². The molecule has 19 heavy (non-hydrogen) atoms. The van der Waals surface area contributed by atoms with E-state index in [0.717, 1.165) is 35.7 Å². The van der Waals surface area contributed by atoms with Crippen LogP contribution in [0.25, 0.3) is 0 Å². The van der Waals surface area contributed by atoms with Gasteiger partial charge in [0.05, 0.1) is 12.3 Å². The fraction of sp³-hybridized carbons (Fsp3) is 0.600. The fourth-order valence-corrected chi connectivity index (χ4v) is 2.67. The van der Waals surface area contributed by atoms with Crippen LogP contribution in [0.3, 0.4) is 0 Å². The van der Waals surface area contributed by atoms with Crippen LogP contribution in [0.5, 0.6) is 0 Å². The van der Waals surface area contributed by atoms with Crippen molar-refractivity contribution in [1.82, 2.24) is 0 Å². The number of nitrogens with zero attached hydrogens (tertiary/aromatic N) is 1. The molecule has 0 aromatic heterocycles. The Morgan fingerprint density at radius 3 is 2.79 bits per heavy atom. The number of hydrogen-bond donors (Lipinski definition) is 1. The van der Waals surface area contributed by atoms with Crippen molar-refractivity contribution < 1.29 is 4.74 Å². The van der Waals surface area contributed by atoms with Gasteiger partial charge in [0.2, 0.25) is 0 Å². The van der Waals surface area contributed by atoms with Crippen molar-refractivity contribution in [3.8, 4) is 0 Å². The first kappa shape index (κ1) is 14.8. The average molecular weight is 327 g/mol. The lowest BCUT2D eigenvalue weighted by Gasteiger charge is -2.21. The Morgan fingerprint density at radius 1 is 1.47 bits per heavy atom. The Labute approximate surface area is 124 Å². The van der Waals surface area contributed by atoms with Gasteiger partial charge in [0.1, 0.15) is 0 Å². The standard InChI is InChI=1S/C15H23BrN2O/c1-11(17)13-5-6-15(14(16)9-13)18(2)7-8-19-10-12-3-4-12/h5-6,9,11-12H,3-4,7-8,10,17H2,1-2H3/t11-/m0/s1. The Kier molecular flexibility index (Phi) is 5.25. The number of benzene rings is 1. The van der Waals surface area contributed by atoms with Gasteiger partial charge in [0.25, 0.3) is 0 Å². The fourth-order valence-electron chi connectivity index (χ4n) is 1.97. The van der Waals surface area contributed by atoms with E-state index in [-0.39, 0.29) is 6.04 Å². The Hall–Kier alpha value is -0.580. The summed E-state index contributed by atoms with van der Waals surface area (Å²) in [5, 5.41) is 0. The van der Waals surface area contributed by atoms with Crippen molar-refractivity contribution in [2.75, 3.05) is 31.7 Å². The van der Waals surface area contributed by atoms with Gasteiger partial charge in [-0.05, 0) is 59.3 Å². The zero-order valence-electron chi connectivity index (χ0n) is 11.7. The number of hydrogen-bond acceptors (Lipinski definition) is 3. The van der Waals surface area contributed by atoms with Crippen LogP contribution in [0.15, 0.2) is 22.7 Å². The quantitative estimate of drug-likeness (QED) is 0.781. The summed E-state index contributed by atoms with van der Waals surface area (Å²) in [5.41, 5.74) is 8.21. The second-order valence-electron chi connectivity index (χ2n) is 5.44. The van der Waals surface area contributed by atoms with Crippen molar-refractivity contribution in [3.05, 3.63) is 28.2 Å². The van der Waals surface area contributed by atoms with Gasteiger partial charge >= 0.3 is 0 Å². The van der Waals surface area contributed by atoms with E-state index in [9.17, 15) is 0 Å². The van der Waals surface area contributed by atoms with Gasteiger partial charge in [-0.25, -0.2) is 0 Å². The smallest absolute Gasteiger partial charge is 0.0641 e. The van der Waals surface area contributed by atoms with Crippen LogP contribution in [-0.4, -0.2) is 26.8 Å². The highest BCUT2D eigenvalue weighted by Crippen LogP contribution is 2.29. The van der Waals surface area contributed by atoms with Crippen LogP contribution in [-0.2, 0) is 4.74 Å². The lowest BCUT2D eigenvalue weighted by Crippen LogP contribution is -2.23. The van der Waals surface area contributed by atoms with E-state index in [1.807, 2.05) is 6.92 Å². The van der Waals surface area contributed by atoms with Crippen molar-refractivity contribution >= 4 is 21.6 Å². The van der Waals surface area contributed by atoms with E-state index in [1.54, 1.807) is 0 Å². The average Bonchev–Trinajstić information content (AvgIpc) is 3.18. The highest BCUT2D eigenvalue weighted by atomic mass is 79.9. The monoisotopic (exact) mass is 326 g/mol. The minimum absolute atomic E-state index is 0.0672. The number of likely N-dealkylation sites (N-methyl/N-ethyl adjacent to an activating group) is 1. The number of nitrogens with two attached hydrogens (primary N) is 1. The molecule has 0 saturated heterocycles. The first-order chi connectivity index (χ1) is 9.08. The normalized spacial score (nSPS) is 16.4. The number of anilines is 1. The molecule has 2 N–H and O–H groups in total. The van der Waals surface area contributed by atoms with Crippen LogP contribution in [0, 0.1) is 5.92 Å². The summed E-state index contributed by atoms with van der Waals surface area (Å²) >= 11 is 3.62. The van der Waals surface area contributed by atoms with Gasteiger partial charge in [0, 0.05) is 30.7 Å². The molecule has 1 aliphatic rings. The van der Waals surface area contributed by atoms with Crippen molar-refractivity contribution in [2.24, 2.45) is 11.7 Å². The van der Waals surface area contributed by atoms with Gasteiger partial charge in [-0.15, -0.1) is 0 Å². The van der Waals surface area contributed by atoms with Crippen LogP contribution in [0.4, 0.5) is 5.69 Å². The summed E-state index contributed by atoms with van der Waals surface area (Å²) in [5.74, 6) is 0.836. The topological polar surface area (TPSA) is 38.5 Å². The molecule has 0 heterocycles. The minimum Gasteiger partial charge on any atom is -0.379 e. The third-order valence-electron chi connectivity index (χ3n) is 3.53. The third kappa shape index (κ3) is 4.48. The molecule has 1 aromatic carbocycles. The molecule has 0 aliphatic heterocycles. The zero-order valence-corrected chi connectivity index (χ0v) is 13.3. The maximum Gasteiger partial charge on any atom is 0.0641 e. The second-order valence-corrected chi connectivity index (χ2v) is 6.29. The molecule has 1 aliphatic carbocycles. The molecular weight excluding hydrogens is 304 g/mol. The maximum atomic E-state index is 5.89. The predicted molar refractivity (Wildman–Crippen MR) is 83.6 cm³/mol. The van der Waals surface area contributed by atoms with Gasteiger partial charge in [-0.1, -0.05) is 6.07 Å². The molecular formula is C15H23BrN2O. The largest absolute Gasteiger partial charge is 0.379 e. The SMILES string of the molecule is C[C@H](N)c1ccc(N(C)CCOCC2CC2)c(Br)c1. The molecule has 2 rings (SSSR count). The van der Waals surface area contributed by atoms with Gasteiger partial charge < -0.3 is 15.4 Å². The maximum absolute atomic E-state index is 5.89. The van der Waals surface area contributed by atoms with Gasteiger partial charge in [0.15, 0.2) is 0 Å². The van der Waals surface area contributed by atoms with E-state index >= 15 is 0 Å². The van der Waals surface area contributed by atoms with Crippen molar-refractivity contribution in [2.45, 2.75) is 25.8 Å². The Balaban J connectivity index is 1.84. The summed E-state index contributed by atoms with van der Waals surface area (Å²) in [7, 11) is 2.09. The summed E-state index contributed by atoms with van der Waals surface area (Å²) < 4.78 is 6.76. The van der Waals surface area contributed by atoms with E-state index in [4.69, 9.17) is 10.5 Å². The Bertz CT molecular complexity index is 419. The molecule has 1 atom stereocenters. The molecule has 0 spiro atoms. The molecule has 0 unspecified atom stereocenters. The number of rotatable bonds is 7. The highest BCUT2D eigenvalue weighted by Gasteiger charge is 2.21. The van der Waals surface area contributed by atoms with Gasteiger partial charge in [-0.3, -0.25) is 0 Å². The van der Waals surface area contributed by atoms with E-state index in [1.165, 1.54) is 18.5 Å². The predicted octanol–water partition coefficient (Wildman–Crippen LogP) is 3.33. The van der Waals surface area contributed by atoms with Gasteiger partial charge in [-0.2, -0.15) is 0 Å². The molecule has 0 amide bonds. The molecule has 0 radical (unpaired) electrons. The lowest BCUT2D eigenvalue weighted by molar-refractivity contribution is 0.131.